The van der Waals surface area contributed by atoms with E-state index < -0.39 is 29.6 Å². The molecular weight excluding hydrogens is 531 g/mol. The molecule has 0 aromatic heterocycles. The third kappa shape index (κ3) is 6.30. The Balaban J connectivity index is 0.000000334. The van der Waals surface area contributed by atoms with Crippen LogP contribution in [0.2, 0.25) is 0 Å². The number of aliphatic carboxylic acids is 2. The fourth-order valence-corrected chi connectivity index (χ4v) is 5.20. The Morgan fingerprint density at radius 3 is 2.15 bits per heavy atom. The van der Waals surface area contributed by atoms with E-state index in [4.69, 9.17) is 20.4 Å². The average molecular weight is 565 g/mol. The topological polar surface area (TPSA) is 147 Å². The van der Waals surface area contributed by atoms with Gasteiger partial charge < -0.3 is 30.6 Å². The number of amides is 1. The Hall–Kier alpha value is -4.12. The van der Waals surface area contributed by atoms with Crippen LogP contribution in [0.4, 0.5) is 10.1 Å². The summed E-state index contributed by atoms with van der Waals surface area (Å²) in [5, 5.41) is 35.5. The molecule has 2 heterocycles. The van der Waals surface area contributed by atoms with Gasteiger partial charge in [0, 0.05) is 18.2 Å². The molecule has 1 amide bonds. The highest BCUT2D eigenvalue weighted by molar-refractivity contribution is 6.06. The number of carbonyl (C=O) groups is 3. The molecule has 2 aliphatic rings. The van der Waals surface area contributed by atoms with E-state index in [9.17, 15) is 18.8 Å². The lowest BCUT2D eigenvalue weighted by Gasteiger charge is -2.19. The van der Waals surface area contributed by atoms with E-state index in [0.717, 1.165) is 47.5 Å². The van der Waals surface area contributed by atoms with Crippen molar-refractivity contribution < 1.29 is 39.2 Å². The standard InChI is InChI=1S/C27H27FN2O.C4H6O6/c1-27(2)24-15-19(7-11-25(24)29-26(27)31)18-6-10-22-20(14-18)16-30(3)13-12-23(22)17-4-8-21(28)9-5-17;5-1(3(7)8)2(6)4(9)10/h4-11,14-15,23H,12-13,16H2,1-3H3,(H,29,31);1-2,5-6H,(H,7,8)(H,9,10). The third-order valence-electron chi connectivity index (χ3n) is 7.68. The largest absolute Gasteiger partial charge is 0.479 e. The minimum absolute atomic E-state index is 0.0466. The summed E-state index contributed by atoms with van der Waals surface area (Å²) in [4.78, 5) is 34.2. The highest BCUT2D eigenvalue weighted by atomic mass is 19.1. The van der Waals surface area contributed by atoms with E-state index in [1.807, 2.05) is 32.0 Å². The Morgan fingerprint density at radius 1 is 0.951 bits per heavy atom. The minimum atomic E-state index is -2.27. The molecule has 0 radical (unpaired) electrons. The summed E-state index contributed by atoms with van der Waals surface area (Å²) in [6.45, 7) is 5.82. The number of benzene rings is 3. The maximum atomic E-state index is 13.5. The second kappa shape index (κ2) is 11.8. The van der Waals surface area contributed by atoms with Crippen molar-refractivity contribution in [3.8, 4) is 11.1 Å². The van der Waals surface area contributed by atoms with E-state index in [2.05, 4.69) is 47.6 Å². The van der Waals surface area contributed by atoms with Gasteiger partial charge in [-0.3, -0.25) is 4.79 Å². The smallest absolute Gasteiger partial charge is 0.335 e. The van der Waals surface area contributed by atoms with Crippen LogP contribution >= 0.6 is 0 Å². The number of rotatable bonds is 5. The number of anilines is 1. The molecule has 0 aliphatic carbocycles. The van der Waals surface area contributed by atoms with Crippen molar-refractivity contribution in [2.45, 2.75) is 50.4 Å². The predicted octanol–water partition coefficient (Wildman–Crippen LogP) is 3.57. The van der Waals surface area contributed by atoms with Gasteiger partial charge in [-0.25, -0.2) is 14.0 Å². The molecule has 0 saturated carbocycles. The molecular formula is C31H33FN2O7. The van der Waals surface area contributed by atoms with Crippen LogP contribution in [-0.2, 0) is 26.3 Å². The fourth-order valence-electron chi connectivity index (χ4n) is 5.20. The quantitative estimate of drug-likeness (QED) is 0.316. The zero-order valence-electron chi connectivity index (χ0n) is 23.0. The van der Waals surface area contributed by atoms with Crippen molar-refractivity contribution in [1.29, 1.82) is 0 Å². The number of carboxylic acids is 2. The van der Waals surface area contributed by atoms with Gasteiger partial charge in [0.05, 0.1) is 5.41 Å². The van der Waals surface area contributed by atoms with E-state index >= 15 is 0 Å². The maximum Gasteiger partial charge on any atom is 0.335 e. The van der Waals surface area contributed by atoms with Crippen LogP contribution in [0.1, 0.15) is 48.4 Å². The summed E-state index contributed by atoms with van der Waals surface area (Å²) in [5.41, 5.74) is 7.50. The number of carboxylic acid groups (broad SMARTS) is 2. The summed E-state index contributed by atoms with van der Waals surface area (Å²) >= 11 is 0. The van der Waals surface area contributed by atoms with Gasteiger partial charge in [0.15, 0.2) is 12.2 Å². The lowest BCUT2D eigenvalue weighted by atomic mass is 9.83. The second-order valence-corrected chi connectivity index (χ2v) is 10.9. The normalized spacial score (nSPS) is 19.0. The van der Waals surface area contributed by atoms with Crippen LogP contribution in [0, 0.1) is 5.82 Å². The van der Waals surface area contributed by atoms with Crippen molar-refractivity contribution in [2.24, 2.45) is 0 Å². The number of aliphatic hydroxyl groups is 2. The molecule has 41 heavy (non-hydrogen) atoms. The number of carbonyl (C=O) groups excluding carboxylic acids is 1. The summed E-state index contributed by atoms with van der Waals surface area (Å²) in [6.07, 6.45) is -3.52. The van der Waals surface area contributed by atoms with Crippen molar-refractivity contribution in [2.75, 3.05) is 18.9 Å². The number of fused-ring (bicyclic) bond motifs is 2. The van der Waals surface area contributed by atoms with Gasteiger partial charge in [-0.15, -0.1) is 0 Å². The molecule has 9 nitrogen and oxygen atoms in total. The van der Waals surface area contributed by atoms with Crippen LogP contribution in [0.15, 0.2) is 60.7 Å². The summed E-state index contributed by atoms with van der Waals surface area (Å²) in [5.74, 6) is -3.43. The van der Waals surface area contributed by atoms with Gasteiger partial charge in [0.2, 0.25) is 5.91 Å². The Morgan fingerprint density at radius 2 is 1.54 bits per heavy atom. The highest BCUT2D eigenvalue weighted by Gasteiger charge is 2.38. The Kier molecular flexibility index (Phi) is 8.58. The van der Waals surface area contributed by atoms with Gasteiger partial charge in [-0.1, -0.05) is 30.3 Å². The number of aliphatic hydroxyl groups excluding tert-OH is 2. The first kappa shape index (κ1) is 29.9. The molecule has 3 atom stereocenters. The van der Waals surface area contributed by atoms with Crippen molar-refractivity contribution in [3.63, 3.8) is 0 Å². The molecule has 3 aromatic carbocycles. The monoisotopic (exact) mass is 564 g/mol. The third-order valence-corrected chi connectivity index (χ3v) is 7.68. The van der Waals surface area contributed by atoms with Crippen molar-refractivity contribution >= 4 is 23.5 Å². The van der Waals surface area contributed by atoms with E-state index in [1.165, 1.54) is 11.1 Å². The molecule has 0 spiro atoms. The van der Waals surface area contributed by atoms with Gasteiger partial charge in [0.25, 0.3) is 0 Å². The summed E-state index contributed by atoms with van der Waals surface area (Å²) < 4.78 is 13.5. The lowest BCUT2D eigenvalue weighted by molar-refractivity contribution is -0.165. The molecule has 10 heteroatoms. The van der Waals surface area contributed by atoms with E-state index in [0.29, 0.717) is 0 Å². The molecule has 216 valence electrons. The zero-order valence-corrected chi connectivity index (χ0v) is 23.0. The number of nitrogens with zero attached hydrogens (tertiary/aromatic N) is 1. The first-order valence-electron chi connectivity index (χ1n) is 13.1. The Labute approximate surface area is 236 Å². The van der Waals surface area contributed by atoms with Crippen LogP contribution in [0.3, 0.4) is 0 Å². The minimum Gasteiger partial charge on any atom is -0.479 e. The van der Waals surface area contributed by atoms with Crippen LogP contribution < -0.4 is 5.32 Å². The summed E-state index contributed by atoms with van der Waals surface area (Å²) in [6, 6.07) is 19.9. The van der Waals surface area contributed by atoms with Crippen molar-refractivity contribution in [1.82, 2.24) is 4.90 Å². The van der Waals surface area contributed by atoms with Crippen LogP contribution in [-0.4, -0.2) is 69.0 Å². The molecule has 5 N–H and O–H groups in total. The average Bonchev–Trinajstić information content (AvgIpc) is 3.05. The lowest BCUT2D eigenvalue weighted by Crippen LogP contribution is -2.39. The number of halogens is 1. The van der Waals surface area contributed by atoms with Crippen molar-refractivity contribution in [3.05, 3.63) is 88.7 Å². The van der Waals surface area contributed by atoms with Gasteiger partial charge in [0.1, 0.15) is 5.82 Å². The molecule has 0 saturated heterocycles. The molecule has 0 bridgehead atoms. The van der Waals surface area contributed by atoms with E-state index in [-0.39, 0.29) is 17.6 Å². The molecule has 5 rings (SSSR count). The van der Waals surface area contributed by atoms with Gasteiger partial charge in [-0.2, -0.15) is 0 Å². The molecule has 3 aromatic rings. The van der Waals surface area contributed by atoms with E-state index in [1.54, 1.807) is 12.1 Å². The SMILES string of the molecule is CN1CCC(c2ccc(F)cc2)c2ccc(-c3ccc4c(c3)C(C)(C)C(=O)N4)cc2C1.O=C(O)C(O)C(O)C(=O)O. The molecule has 2 aliphatic heterocycles. The first-order chi connectivity index (χ1) is 19.3. The maximum absolute atomic E-state index is 13.5. The number of hydrogen-bond acceptors (Lipinski definition) is 6. The predicted molar refractivity (Wildman–Crippen MR) is 150 cm³/mol. The number of hydrogen-bond donors (Lipinski definition) is 5. The Bertz CT molecular complexity index is 1450. The summed E-state index contributed by atoms with van der Waals surface area (Å²) in [7, 11) is 2.15. The van der Waals surface area contributed by atoms with Gasteiger partial charge >= 0.3 is 11.9 Å². The van der Waals surface area contributed by atoms with Crippen LogP contribution in [0.5, 0.6) is 0 Å². The molecule has 3 unspecified atom stereocenters. The first-order valence-corrected chi connectivity index (χ1v) is 13.1. The second-order valence-electron chi connectivity index (χ2n) is 10.9. The van der Waals surface area contributed by atoms with Gasteiger partial charge in [-0.05, 0) is 97.6 Å². The molecule has 0 fully saturated rings. The van der Waals surface area contributed by atoms with Crippen LogP contribution in [0.25, 0.3) is 11.1 Å². The highest BCUT2D eigenvalue weighted by Crippen LogP contribution is 2.41. The number of nitrogens with one attached hydrogen (secondary N) is 1. The zero-order chi connectivity index (χ0) is 30.1. The fraction of sp³-hybridized carbons (Fsp3) is 0.323.